The maximum Gasteiger partial charge on any atom is 0.268 e. The number of methoxy groups -OCH3 is 1. The van der Waals surface area contributed by atoms with E-state index in [2.05, 4.69) is 10.5 Å². The molecule has 0 aliphatic rings. The van der Waals surface area contributed by atoms with Gasteiger partial charge in [0, 0.05) is 22.4 Å². The van der Waals surface area contributed by atoms with Gasteiger partial charge in [-0.15, -0.1) is 0 Å². The van der Waals surface area contributed by atoms with Crippen molar-refractivity contribution in [2.45, 2.75) is 13.0 Å². The highest BCUT2D eigenvalue weighted by Gasteiger charge is 2.18. The third-order valence-corrected chi connectivity index (χ3v) is 4.64. The molecule has 7 heteroatoms. The van der Waals surface area contributed by atoms with E-state index in [0.29, 0.717) is 17.0 Å². The molecule has 0 aliphatic carbocycles. The van der Waals surface area contributed by atoms with Crippen molar-refractivity contribution in [1.82, 2.24) is 0 Å². The summed E-state index contributed by atoms with van der Waals surface area (Å²) in [6.45, 7) is 1.54. The number of nitrogens with one attached hydrogen (secondary N) is 1. The summed E-state index contributed by atoms with van der Waals surface area (Å²) < 4.78 is 24.9. The van der Waals surface area contributed by atoms with Crippen LogP contribution in [0.25, 0.3) is 21.9 Å². The first kappa shape index (κ1) is 19.4. The van der Waals surface area contributed by atoms with Crippen molar-refractivity contribution < 1.29 is 23.2 Å². The van der Waals surface area contributed by atoms with Gasteiger partial charge in [-0.05, 0) is 25.1 Å². The summed E-state index contributed by atoms with van der Waals surface area (Å²) in [6, 6.07) is 17.3. The topological polar surface area (TPSA) is 73.1 Å². The zero-order valence-electron chi connectivity index (χ0n) is 16.4. The maximum atomic E-state index is 13.6. The number of furan rings is 1. The number of carbonyl (C=O) groups is 1. The van der Waals surface area contributed by atoms with Crippen LogP contribution in [-0.4, -0.2) is 25.3 Å². The summed E-state index contributed by atoms with van der Waals surface area (Å²) in [4.78, 5) is 17.7. The molecule has 1 atom stereocenters. The number of nitrogens with zero attached hydrogens (tertiary/aromatic N) is 1. The van der Waals surface area contributed by atoms with E-state index in [4.69, 9.17) is 14.0 Å². The van der Waals surface area contributed by atoms with E-state index in [1.165, 1.54) is 19.4 Å². The van der Waals surface area contributed by atoms with Crippen LogP contribution >= 0.6 is 0 Å². The third-order valence-electron chi connectivity index (χ3n) is 4.64. The fourth-order valence-corrected chi connectivity index (χ4v) is 3.06. The summed E-state index contributed by atoms with van der Waals surface area (Å²) in [6.07, 6.45) is 0.310. The standard InChI is InChI=1S/C23H19FN2O4/c1-14(30-25-13-15-7-3-5-9-18(15)24)23(27)26-19-12-21-17(11-22(19)28-2)16-8-4-6-10-20(16)29-21/h3-14H,1-2H3,(H,26,27)/b25-13-/t14-/m1/s1. The van der Waals surface area contributed by atoms with Gasteiger partial charge in [-0.2, -0.15) is 0 Å². The summed E-state index contributed by atoms with van der Waals surface area (Å²) in [7, 11) is 1.53. The van der Waals surface area contributed by atoms with E-state index in [9.17, 15) is 9.18 Å². The highest BCUT2D eigenvalue weighted by Crippen LogP contribution is 2.36. The molecule has 0 spiro atoms. The fourth-order valence-electron chi connectivity index (χ4n) is 3.06. The highest BCUT2D eigenvalue weighted by atomic mass is 19.1. The summed E-state index contributed by atoms with van der Waals surface area (Å²) >= 11 is 0. The second kappa shape index (κ2) is 8.24. The molecule has 1 heterocycles. The Balaban J connectivity index is 1.51. The minimum absolute atomic E-state index is 0.266. The molecule has 4 rings (SSSR count). The molecular weight excluding hydrogens is 387 g/mol. The van der Waals surface area contributed by atoms with E-state index in [0.717, 1.165) is 16.4 Å². The second-order valence-electron chi connectivity index (χ2n) is 6.64. The van der Waals surface area contributed by atoms with Gasteiger partial charge in [-0.25, -0.2) is 4.39 Å². The molecule has 1 amide bonds. The van der Waals surface area contributed by atoms with Gasteiger partial charge in [0.2, 0.25) is 6.10 Å². The zero-order chi connectivity index (χ0) is 21.1. The van der Waals surface area contributed by atoms with Gasteiger partial charge in [-0.1, -0.05) is 41.6 Å². The van der Waals surface area contributed by atoms with Crippen molar-refractivity contribution in [2.75, 3.05) is 12.4 Å². The van der Waals surface area contributed by atoms with Crippen molar-refractivity contribution in [3.63, 3.8) is 0 Å². The van der Waals surface area contributed by atoms with Crippen molar-refractivity contribution in [2.24, 2.45) is 5.16 Å². The number of benzene rings is 3. The first-order chi connectivity index (χ1) is 14.6. The van der Waals surface area contributed by atoms with Crippen molar-refractivity contribution in [1.29, 1.82) is 0 Å². The Bertz CT molecular complexity index is 1250. The zero-order valence-corrected chi connectivity index (χ0v) is 16.4. The molecule has 0 fully saturated rings. The van der Waals surface area contributed by atoms with Crippen LogP contribution in [0, 0.1) is 5.82 Å². The van der Waals surface area contributed by atoms with Crippen LogP contribution in [0.5, 0.6) is 5.75 Å². The van der Waals surface area contributed by atoms with Gasteiger partial charge in [0.25, 0.3) is 5.91 Å². The van der Waals surface area contributed by atoms with Crippen LogP contribution < -0.4 is 10.1 Å². The van der Waals surface area contributed by atoms with Crippen LogP contribution in [0.4, 0.5) is 10.1 Å². The molecule has 152 valence electrons. The number of anilines is 1. The van der Waals surface area contributed by atoms with E-state index in [-0.39, 0.29) is 5.56 Å². The second-order valence-corrected chi connectivity index (χ2v) is 6.64. The largest absolute Gasteiger partial charge is 0.495 e. The van der Waals surface area contributed by atoms with Gasteiger partial charge >= 0.3 is 0 Å². The summed E-state index contributed by atoms with van der Waals surface area (Å²) in [5.41, 5.74) is 2.08. The Labute approximate surface area is 171 Å². The Morgan fingerprint density at radius 3 is 2.67 bits per heavy atom. The molecule has 1 N–H and O–H groups in total. The lowest BCUT2D eigenvalue weighted by Crippen LogP contribution is -2.26. The summed E-state index contributed by atoms with van der Waals surface area (Å²) in [5, 5.41) is 8.32. The maximum absolute atomic E-state index is 13.6. The molecule has 30 heavy (non-hydrogen) atoms. The molecule has 0 saturated carbocycles. The van der Waals surface area contributed by atoms with E-state index in [1.54, 1.807) is 31.2 Å². The van der Waals surface area contributed by atoms with Gasteiger partial charge in [0.05, 0.1) is 19.0 Å². The van der Waals surface area contributed by atoms with Gasteiger partial charge in [0.15, 0.2) is 0 Å². The smallest absolute Gasteiger partial charge is 0.268 e. The number of rotatable bonds is 6. The molecule has 6 nitrogen and oxygen atoms in total. The number of oxime groups is 1. The average molecular weight is 406 g/mol. The van der Waals surface area contributed by atoms with Gasteiger partial charge < -0.3 is 19.3 Å². The van der Waals surface area contributed by atoms with E-state index < -0.39 is 17.8 Å². The SMILES string of the molecule is COc1cc2c(cc1NC(=O)[C@@H](C)O/N=C\c1ccccc1F)oc1ccccc12. The van der Waals surface area contributed by atoms with E-state index in [1.807, 2.05) is 30.3 Å². The predicted molar refractivity (Wildman–Crippen MR) is 113 cm³/mol. The first-order valence-corrected chi connectivity index (χ1v) is 9.30. The first-order valence-electron chi connectivity index (χ1n) is 9.30. The molecule has 0 aliphatic heterocycles. The highest BCUT2D eigenvalue weighted by molar-refractivity contribution is 6.08. The Kier molecular flexibility index (Phi) is 5.34. The van der Waals surface area contributed by atoms with Gasteiger partial charge in [0.1, 0.15) is 22.7 Å². The number of para-hydroxylation sites is 1. The Hall–Kier alpha value is -3.87. The molecule has 3 aromatic carbocycles. The Morgan fingerprint density at radius 2 is 1.87 bits per heavy atom. The number of halogens is 1. The lowest BCUT2D eigenvalue weighted by atomic mass is 10.1. The van der Waals surface area contributed by atoms with Crippen molar-refractivity contribution >= 4 is 39.7 Å². The lowest BCUT2D eigenvalue weighted by Gasteiger charge is -2.13. The van der Waals surface area contributed by atoms with Crippen LogP contribution in [-0.2, 0) is 9.63 Å². The average Bonchev–Trinajstić information content (AvgIpc) is 3.11. The van der Waals surface area contributed by atoms with Crippen LogP contribution in [0.2, 0.25) is 0 Å². The number of hydrogen-bond donors (Lipinski definition) is 1. The Morgan fingerprint density at radius 1 is 1.10 bits per heavy atom. The fraction of sp³-hybridized carbons (Fsp3) is 0.130. The third kappa shape index (κ3) is 3.82. The van der Waals surface area contributed by atoms with Crippen LogP contribution in [0.1, 0.15) is 12.5 Å². The van der Waals surface area contributed by atoms with Gasteiger partial charge in [-0.3, -0.25) is 4.79 Å². The number of amides is 1. The monoisotopic (exact) mass is 406 g/mol. The number of fused-ring (bicyclic) bond motifs is 3. The molecule has 0 radical (unpaired) electrons. The number of hydrogen-bond acceptors (Lipinski definition) is 5. The molecule has 1 aromatic heterocycles. The van der Waals surface area contributed by atoms with Crippen LogP contribution in [0.3, 0.4) is 0 Å². The minimum atomic E-state index is -0.913. The van der Waals surface area contributed by atoms with E-state index >= 15 is 0 Å². The lowest BCUT2D eigenvalue weighted by molar-refractivity contribution is -0.126. The van der Waals surface area contributed by atoms with Crippen molar-refractivity contribution in [3.05, 3.63) is 72.0 Å². The number of carbonyl (C=O) groups excluding carboxylic acids is 1. The molecule has 0 saturated heterocycles. The summed E-state index contributed by atoms with van der Waals surface area (Å²) in [5.74, 6) is -0.371. The van der Waals surface area contributed by atoms with Crippen molar-refractivity contribution in [3.8, 4) is 5.75 Å². The predicted octanol–water partition coefficient (Wildman–Crippen LogP) is 5.11. The quantitative estimate of drug-likeness (QED) is 0.357. The molecular formula is C23H19FN2O4. The van der Waals surface area contributed by atoms with Crippen LogP contribution in [0.15, 0.2) is 70.2 Å². The molecule has 0 bridgehead atoms. The molecule has 4 aromatic rings. The molecule has 0 unspecified atom stereocenters. The normalized spacial score (nSPS) is 12.4. The minimum Gasteiger partial charge on any atom is -0.495 e. The number of ether oxygens (including phenoxy) is 1.